The Hall–Kier alpha value is -4.21. The van der Waals surface area contributed by atoms with Crippen molar-refractivity contribution >= 4 is 22.0 Å². The average Bonchev–Trinajstić information content (AvgIpc) is 3.87. The summed E-state index contributed by atoms with van der Waals surface area (Å²) >= 11 is 0. The van der Waals surface area contributed by atoms with E-state index in [2.05, 4.69) is 5.32 Å². The molecule has 3 aromatic carbocycles. The number of nitrogens with zero attached hydrogens (tertiary/aromatic N) is 2. The molecule has 3 aromatic rings. The van der Waals surface area contributed by atoms with E-state index < -0.39 is 52.6 Å². The lowest BCUT2D eigenvalue weighted by Crippen LogP contribution is -2.61. The van der Waals surface area contributed by atoms with Crippen molar-refractivity contribution in [3.05, 3.63) is 90.0 Å². The van der Waals surface area contributed by atoms with E-state index in [1.807, 2.05) is 50.2 Å². The normalized spacial score (nSPS) is 20.9. The summed E-state index contributed by atoms with van der Waals surface area (Å²) in [5.74, 6) is 0.185. The van der Waals surface area contributed by atoms with Gasteiger partial charge in [0.05, 0.1) is 36.3 Å². The molecule has 2 fully saturated rings. The van der Waals surface area contributed by atoms with Crippen molar-refractivity contribution in [3.8, 4) is 11.5 Å². The summed E-state index contributed by atoms with van der Waals surface area (Å²) < 4.78 is 52.4. The first-order chi connectivity index (χ1) is 24.4. The molecular formula is C37H44N3O10S-. The van der Waals surface area contributed by atoms with Crippen LogP contribution < -0.4 is 19.9 Å². The molecule has 0 saturated carbocycles. The molecule has 0 aromatic heterocycles. The van der Waals surface area contributed by atoms with Gasteiger partial charge < -0.3 is 44.2 Å². The summed E-state index contributed by atoms with van der Waals surface area (Å²) in [6, 6.07) is 20.5. The number of benzene rings is 3. The zero-order valence-electron chi connectivity index (χ0n) is 28.7. The number of carbonyl (C=O) groups is 2. The summed E-state index contributed by atoms with van der Waals surface area (Å²) in [5.41, 5.74) is 0.560. The van der Waals surface area contributed by atoms with Crippen LogP contribution in [0, 0.1) is 11.3 Å². The molecule has 3 heterocycles. The van der Waals surface area contributed by atoms with Crippen molar-refractivity contribution in [3.63, 3.8) is 0 Å². The standard InChI is InChI=1S/C37H45N3O10S/c1-37(2,16-17-38-34(42)26-11-7-4-8-12-26)23-39(51(45,46)27-13-14-32-33(20-27)50-24-49-32)21-31(41)29(19-25-9-5-3-6-10-25)40(36(43)44)30-22-48-35-28(30)15-18-47-35/h3-14,20,28-31,35,41H,15-19,21-24H2,1-2H3,(H,38,42)(H,43,44)/p-1/t28-,29-,30-,31+,35+/m0/s1. The fraction of sp³-hybridized carbons (Fsp3) is 0.459. The smallest absolute Gasteiger partial charge is 0.251 e. The van der Waals surface area contributed by atoms with Gasteiger partial charge in [0.2, 0.25) is 16.8 Å². The lowest BCUT2D eigenvalue weighted by molar-refractivity contribution is -0.273. The van der Waals surface area contributed by atoms with Crippen molar-refractivity contribution < 1.29 is 47.2 Å². The SMILES string of the molecule is CC(C)(CCNC(=O)c1ccccc1)CN(C[C@@H](O)[C@H](Cc1ccccc1)N(C(=O)[O-])[C@H]1CO[C@H]2OCC[C@H]21)S(=O)(=O)c1ccc2c(c1)OCO2. The number of carbonyl (C=O) groups excluding carboxylic acids is 2. The van der Waals surface area contributed by atoms with E-state index in [-0.39, 0.29) is 55.4 Å². The Bertz CT molecular complexity index is 1780. The Kier molecular flexibility index (Phi) is 11.2. The number of aliphatic hydroxyl groups is 1. The Morgan fingerprint density at radius 3 is 2.43 bits per heavy atom. The maximum atomic E-state index is 14.5. The highest BCUT2D eigenvalue weighted by molar-refractivity contribution is 7.89. The molecule has 2 N–H and O–H groups in total. The lowest BCUT2D eigenvalue weighted by atomic mass is 9.89. The highest BCUT2D eigenvalue weighted by atomic mass is 32.2. The third-order valence-electron chi connectivity index (χ3n) is 9.77. The first kappa shape index (κ1) is 36.6. The van der Waals surface area contributed by atoms with E-state index in [0.29, 0.717) is 30.8 Å². The molecule has 0 radical (unpaired) electrons. The largest absolute Gasteiger partial charge is 0.530 e. The van der Waals surface area contributed by atoms with Gasteiger partial charge in [0.15, 0.2) is 17.8 Å². The van der Waals surface area contributed by atoms with Crippen LogP contribution in [0.1, 0.15) is 42.6 Å². The molecule has 6 rings (SSSR count). The highest BCUT2D eigenvalue weighted by Gasteiger charge is 2.47. The van der Waals surface area contributed by atoms with Crippen LogP contribution in [0.4, 0.5) is 4.79 Å². The summed E-state index contributed by atoms with van der Waals surface area (Å²) in [4.78, 5) is 26.7. The second kappa shape index (κ2) is 15.6. The third-order valence-corrected chi connectivity index (χ3v) is 11.6. The number of hydrogen-bond acceptors (Lipinski definition) is 10. The van der Waals surface area contributed by atoms with Gasteiger partial charge in [0, 0.05) is 37.2 Å². The number of sulfonamides is 1. The molecule has 0 spiro atoms. The number of ether oxygens (including phenoxy) is 4. The van der Waals surface area contributed by atoms with Crippen LogP contribution in [0.3, 0.4) is 0 Å². The van der Waals surface area contributed by atoms with Crippen molar-refractivity contribution in [1.29, 1.82) is 0 Å². The number of hydrogen-bond donors (Lipinski definition) is 2. The predicted octanol–water partition coefficient (Wildman–Crippen LogP) is 2.63. The van der Waals surface area contributed by atoms with Gasteiger partial charge in [-0.05, 0) is 54.5 Å². The van der Waals surface area contributed by atoms with E-state index in [4.69, 9.17) is 18.9 Å². The molecule has 0 unspecified atom stereocenters. The monoisotopic (exact) mass is 722 g/mol. The number of amides is 2. The summed E-state index contributed by atoms with van der Waals surface area (Å²) in [6.07, 6.45) is -2.46. The molecule has 2 amide bonds. The molecular weight excluding hydrogens is 678 g/mol. The first-order valence-electron chi connectivity index (χ1n) is 17.1. The van der Waals surface area contributed by atoms with E-state index in [1.54, 1.807) is 24.3 Å². The van der Waals surface area contributed by atoms with Crippen molar-refractivity contribution in [2.45, 2.75) is 62.5 Å². The fourth-order valence-electron chi connectivity index (χ4n) is 7.05. The minimum absolute atomic E-state index is 0.0407. The van der Waals surface area contributed by atoms with E-state index in [0.717, 1.165) is 10.5 Å². The quantitative estimate of drug-likeness (QED) is 0.238. The number of aliphatic hydroxyl groups excluding tert-OH is 1. The molecule has 13 nitrogen and oxygen atoms in total. The maximum absolute atomic E-state index is 14.5. The van der Waals surface area contributed by atoms with E-state index in [9.17, 15) is 28.2 Å². The minimum atomic E-state index is -4.30. The topological polar surface area (TPSA) is 167 Å². The van der Waals surface area contributed by atoms with Gasteiger partial charge in [-0.2, -0.15) is 4.31 Å². The number of rotatable bonds is 15. The summed E-state index contributed by atoms with van der Waals surface area (Å²) in [5, 5.41) is 27.9. The van der Waals surface area contributed by atoms with Gasteiger partial charge in [-0.3, -0.25) is 4.79 Å². The first-order valence-corrected chi connectivity index (χ1v) is 18.5. The number of fused-ring (bicyclic) bond motifs is 2. The van der Waals surface area contributed by atoms with Crippen molar-refractivity contribution in [2.24, 2.45) is 11.3 Å². The molecule has 0 aliphatic carbocycles. The van der Waals surface area contributed by atoms with Crippen LogP contribution in [-0.2, 0) is 25.9 Å². The van der Waals surface area contributed by atoms with Crippen molar-refractivity contribution in [1.82, 2.24) is 14.5 Å². The van der Waals surface area contributed by atoms with E-state index >= 15 is 0 Å². The molecule has 5 atom stereocenters. The van der Waals surface area contributed by atoms with Crippen LogP contribution in [0.2, 0.25) is 0 Å². The van der Waals surface area contributed by atoms with Gasteiger partial charge >= 0.3 is 0 Å². The molecule has 2 saturated heterocycles. The van der Waals surface area contributed by atoms with Gasteiger partial charge in [-0.25, -0.2) is 8.42 Å². The van der Waals surface area contributed by atoms with Gasteiger partial charge in [-0.15, -0.1) is 0 Å². The van der Waals surface area contributed by atoms with Crippen molar-refractivity contribution in [2.75, 3.05) is 39.6 Å². The van der Waals surface area contributed by atoms with Crippen LogP contribution in [-0.4, -0.2) is 98.8 Å². The predicted molar refractivity (Wildman–Crippen MR) is 183 cm³/mol. The summed E-state index contributed by atoms with van der Waals surface area (Å²) in [6.45, 7) is 3.96. The van der Waals surface area contributed by atoms with Crippen LogP contribution in [0.25, 0.3) is 0 Å². The fourth-order valence-corrected chi connectivity index (χ4v) is 8.71. The molecule has 3 aliphatic rings. The molecule has 0 bridgehead atoms. The minimum Gasteiger partial charge on any atom is -0.530 e. The maximum Gasteiger partial charge on any atom is 0.251 e. The lowest BCUT2D eigenvalue weighted by Gasteiger charge is -2.43. The van der Waals surface area contributed by atoms with Gasteiger partial charge in [0.1, 0.15) is 6.09 Å². The Labute approximate surface area is 298 Å². The number of carboxylic acid groups (broad SMARTS) is 1. The third kappa shape index (κ3) is 8.47. The second-order valence-electron chi connectivity index (χ2n) is 13.9. The zero-order valence-corrected chi connectivity index (χ0v) is 29.5. The van der Waals surface area contributed by atoms with Gasteiger partial charge in [0.25, 0.3) is 5.91 Å². The molecule has 274 valence electrons. The number of nitrogens with one attached hydrogen (secondary N) is 1. The zero-order chi connectivity index (χ0) is 36.2. The molecule has 14 heteroatoms. The Morgan fingerprint density at radius 2 is 1.71 bits per heavy atom. The highest BCUT2D eigenvalue weighted by Crippen LogP contribution is 2.38. The van der Waals surface area contributed by atoms with Crippen LogP contribution in [0.15, 0.2) is 83.8 Å². The molecule has 51 heavy (non-hydrogen) atoms. The van der Waals surface area contributed by atoms with Crippen LogP contribution in [0.5, 0.6) is 11.5 Å². The van der Waals surface area contributed by atoms with E-state index in [1.165, 1.54) is 22.5 Å². The second-order valence-corrected chi connectivity index (χ2v) is 15.9. The summed E-state index contributed by atoms with van der Waals surface area (Å²) in [7, 11) is -4.30. The van der Waals surface area contributed by atoms with Crippen LogP contribution >= 0.6 is 0 Å². The Morgan fingerprint density at radius 1 is 1.00 bits per heavy atom. The molecule has 3 aliphatic heterocycles. The average molecular weight is 723 g/mol. The Balaban J connectivity index is 1.29. The van der Waals surface area contributed by atoms with Gasteiger partial charge in [-0.1, -0.05) is 62.4 Å².